The Morgan fingerprint density at radius 3 is 3.00 bits per heavy atom. The van der Waals surface area contributed by atoms with E-state index in [2.05, 4.69) is 31.0 Å². The molecule has 2 aromatic heterocycles. The smallest absolute Gasteiger partial charge is 0.283 e. The second kappa shape index (κ2) is 6.27. The maximum atomic E-state index is 5.89. The number of halogens is 1. The monoisotopic (exact) mass is 356 g/mol. The third kappa shape index (κ3) is 3.52. The highest BCUT2D eigenvalue weighted by molar-refractivity contribution is 9.10. The average molecular weight is 357 g/mol. The molecule has 3 heterocycles. The standard InChI is InChI=1S/C13H17BrN4O3/c1-8(15)10-6-18(4-5-19-10)7-12-16-17-13(21-12)9-2-3-11(14)20-9/h2-3,8,10H,4-7,15H2,1H3. The normalized spacial score (nSPS) is 21.6. The van der Waals surface area contributed by atoms with E-state index in [-0.39, 0.29) is 12.1 Å². The molecular weight excluding hydrogens is 340 g/mol. The molecule has 0 radical (unpaired) electrons. The first-order valence-electron chi connectivity index (χ1n) is 6.79. The molecule has 7 nitrogen and oxygen atoms in total. The van der Waals surface area contributed by atoms with Crippen LogP contribution in [0.5, 0.6) is 0 Å². The lowest BCUT2D eigenvalue weighted by atomic mass is 10.1. The van der Waals surface area contributed by atoms with Gasteiger partial charge in [0.1, 0.15) is 0 Å². The highest BCUT2D eigenvalue weighted by atomic mass is 79.9. The zero-order valence-corrected chi connectivity index (χ0v) is 13.2. The molecular formula is C13H17BrN4O3. The third-order valence-electron chi connectivity index (χ3n) is 3.37. The largest absolute Gasteiger partial charge is 0.444 e. The van der Waals surface area contributed by atoms with Gasteiger partial charge in [-0.05, 0) is 35.0 Å². The van der Waals surface area contributed by atoms with Crippen molar-refractivity contribution < 1.29 is 13.6 Å². The molecule has 1 fully saturated rings. The van der Waals surface area contributed by atoms with Crippen molar-refractivity contribution in [3.63, 3.8) is 0 Å². The van der Waals surface area contributed by atoms with Gasteiger partial charge in [-0.2, -0.15) is 0 Å². The van der Waals surface area contributed by atoms with Gasteiger partial charge in [-0.3, -0.25) is 4.90 Å². The Morgan fingerprint density at radius 2 is 2.29 bits per heavy atom. The van der Waals surface area contributed by atoms with Gasteiger partial charge in [0.15, 0.2) is 10.4 Å². The third-order valence-corrected chi connectivity index (χ3v) is 3.80. The molecule has 21 heavy (non-hydrogen) atoms. The Balaban J connectivity index is 1.64. The number of aromatic nitrogens is 2. The first kappa shape index (κ1) is 14.7. The van der Waals surface area contributed by atoms with E-state index >= 15 is 0 Å². The van der Waals surface area contributed by atoms with Crippen molar-refractivity contribution in [3.05, 3.63) is 22.7 Å². The SMILES string of the molecule is CC(N)C1CN(Cc2nnc(-c3ccc(Br)o3)o2)CCO1. The quantitative estimate of drug-likeness (QED) is 0.890. The van der Waals surface area contributed by atoms with Crippen molar-refractivity contribution in [1.82, 2.24) is 15.1 Å². The van der Waals surface area contributed by atoms with E-state index in [1.54, 1.807) is 12.1 Å². The molecule has 0 amide bonds. The Labute approximate surface area is 130 Å². The van der Waals surface area contributed by atoms with E-state index < -0.39 is 0 Å². The minimum atomic E-state index is 0.00603. The minimum absolute atomic E-state index is 0.00603. The van der Waals surface area contributed by atoms with Gasteiger partial charge in [-0.25, -0.2) is 0 Å². The lowest BCUT2D eigenvalue weighted by molar-refractivity contribution is -0.0423. The van der Waals surface area contributed by atoms with E-state index in [1.165, 1.54) is 0 Å². The highest BCUT2D eigenvalue weighted by Gasteiger charge is 2.25. The van der Waals surface area contributed by atoms with E-state index in [0.717, 1.165) is 13.1 Å². The van der Waals surface area contributed by atoms with Crippen molar-refractivity contribution in [2.24, 2.45) is 5.73 Å². The molecule has 1 aliphatic heterocycles. The van der Waals surface area contributed by atoms with Crippen molar-refractivity contribution in [2.75, 3.05) is 19.7 Å². The number of nitrogens with zero attached hydrogens (tertiary/aromatic N) is 3. The number of ether oxygens (including phenoxy) is 1. The summed E-state index contributed by atoms with van der Waals surface area (Å²) in [6.45, 7) is 4.79. The summed E-state index contributed by atoms with van der Waals surface area (Å²) < 4.78 is 17.3. The van der Waals surface area contributed by atoms with Crippen LogP contribution in [0, 0.1) is 0 Å². The molecule has 8 heteroatoms. The first-order valence-corrected chi connectivity index (χ1v) is 7.59. The van der Waals surface area contributed by atoms with Gasteiger partial charge in [-0.15, -0.1) is 10.2 Å². The topological polar surface area (TPSA) is 90.6 Å². The number of hydrogen-bond donors (Lipinski definition) is 1. The van der Waals surface area contributed by atoms with Crippen LogP contribution in [-0.2, 0) is 11.3 Å². The molecule has 0 saturated carbocycles. The predicted molar refractivity (Wildman–Crippen MR) is 78.4 cm³/mol. The molecule has 1 saturated heterocycles. The van der Waals surface area contributed by atoms with Crippen LogP contribution in [0.25, 0.3) is 11.7 Å². The lowest BCUT2D eigenvalue weighted by Crippen LogP contribution is -2.49. The summed E-state index contributed by atoms with van der Waals surface area (Å²) >= 11 is 3.25. The molecule has 0 aromatic carbocycles. The van der Waals surface area contributed by atoms with Crippen molar-refractivity contribution >= 4 is 15.9 Å². The first-order chi connectivity index (χ1) is 10.1. The number of furan rings is 1. The molecule has 1 aliphatic rings. The molecule has 3 rings (SSSR count). The summed E-state index contributed by atoms with van der Waals surface area (Å²) in [6.07, 6.45) is 0.0437. The van der Waals surface area contributed by atoms with Crippen LogP contribution in [-0.4, -0.2) is 46.9 Å². The molecule has 0 aliphatic carbocycles. The van der Waals surface area contributed by atoms with Gasteiger partial charge in [0.05, 0.1) is 19.3 Å². The Hall–Kier alpha value is -1.22. The number of rotatable bonds is 4. The summed E-state index contributed by atoms with van der Waals surface area (Å²) in [5, 5.41) is 8.07. The van der Waals surface area contributed by atoms with Gasteiger partial charge in [0, 0.05) is 19.1 Å². The number of morpholine rings is 1. The fourth-order valence-corrected chi connectivity index (χ4v) is 2.54. The number of nitrogens with two attached hydrogens (primary N) is 1. The Morgan fingerprint density at radius 1 is 1.43 bits per heavy atom. The zero-order chi connectivity index (χ0) is 14.8. The highest BCUT2D eigenvalue weighted by Crippen LogP contribution is 2.24. The van der Waals surface area contributed by atoms with E-state index in [0.29, 0.717) is 35.4 Å². The van der Waals surface area contributed by atoms with Crippen molar-refractivity contribution in [1.29, 1.82) is 0 Å². The molecule has 2 unspecified atom stereocenters. The molecule has 2 N–H and O–H groups in total. The van der Waals surface area contributed by atoms with Crippen molar-refractivity contribution in [2.45, 2.75) is 25.6 Å². The van der Waals surface area contributed by atoms with Crippen LogP contribution in [0.2, 0.25) is 0 Å². The van der Waals surface area contributed by atoms with Crippen LogP contribution in [0.15, 0.2) is 25.6 Å². The molecule has 2 aromatic rings. The van der Waals surface area contributed by atoms with E-state index in [4.69, 9.17) is 19.3 Å². The Kier molecular flexibility index (Phi) is 4.39. The van der Waals surface area contributed by atoms with Crippen LogP contribution in [0.3, 0.4) is 0 Å². The van der Waals surface area contributed by atoms with E-state index in [9.17, 15) is 0 Å². The van der Waals surface area contributed by atoms with Crippen LogP contribution in [0.4, 0.5) is 0 Å². The average Bonchev–Trinajstić information content (AvgIpc) is 3.08. The molecule has 114 valence electrons. The second-order valence-corrected chi connectivity index (χ2v) is 5.89. The maximum absolute atomic E-state index is 5.89. The van der Waals surface area contributed by atoms with Crippen LogP contribution >= 0.6 is 15.9 Å². The molecule has 0 spiro atoms. The molecule has 2 atom stereocenters. The van der Waals surface area contributed by atoms with Crippen molar-refractivity contribution in [3.8, 4) is 11.7 Å². The summed E-state index contributed by atoms with van der Waals surface area (Å²) in [4.78, 5) is 2.20. The minimum Gasteiger partial charge on any atom is -0.444 e. The molecule has 0 bridgehead atoms. The summed E-state index contributed by atoms with van der Waals surface area (Å²) in [5.74, 6) is 1.49. The Bertz CT molecular complexity index is 598. The van der Waals surface area contributed by atoms with Gasteiger partial charge in [0.2, 0.25) is 5.89 Å². The lowest BCUT2D eigenvalue weighted by Gasteiger charge is -2.33. The summed E-state index contributed by atoms with van der Waals surface area (Å²) in [5.41, 5.74) is 5.89. The second-order valence-electron chi connectivity index (χ2n) is 5.11. The summed E-state index contributed by atoms with van der Waals surface area (Å²) in [6, 6.07) is 3.57. The zero-order valence-electron chi connectivity index (χ0n) is 11.7. The van der Waals surface area contributed by atoms with Crippen LogP contribution < -0.4 is 5.73 Å². The van der Waals surface area contributed by atoms with Gasteiger partial charge < -0.3 is 19.3 Å². The van der Waals surface area contributed by atoms with Gasteiger partial charge in [-0.1, -0.05) is 0 Å². The van der Waals surface area contributed by atoms with E-state index in [1.807, 2.05) is 6.92 Å². The van der Waals surface area contributed by atoms with Gasteiger partial charge in [0.25, 0.3) is 5.89 Å². The fraction of sp³-hybridized carbons (Fsp3) is 0.538. The maximum Gasteiger partial charge on any atom is 0.283 e. The number of hydrogen-bond acceptors (Lipinski definition) is 7. The summed E-state index contributed by atoms with van der Waals surface area (Å²) in [7, 11) is 0. The van der Waals surface area contributed by atoms with Gasteiger partial charge >= 0.3 is 0 Å². The van der Waals surface area contributed by atoms with Crippen LogP contribution in [0.1, 0.15) is 12.8 Å². The fourth-order valence-electron chi connectivity index (χ4n) is 2.23. The predicted octanol–water partition coefficient (Wildman–Crippen LogP) is 1.64.